The van der Waals surface area contributed by atoms with E-state index >= 15 is 0 Å². The molecule has 1 aliphatic carbocycles. The molecular weight excluding hydrogens is 271 g/mol. The largest absolute Gasteiger partial charge is 0.478 e. The zero-order chi connectivity index (χ0) is 13.4. The van der Waals surface area contributed by atoms with Gasteiger partial charge in [0.25, 0.3) is 0 Å². The maximum Gasteiger partial charge on any atom is 0.336 e. The van der Waals surface area contributed by atoms with Gasteiger partial charge in [-0.1, -0.05) is 6.07 Å². The molecule has 1 N–H and O–H groups in total. The van der Waals surface area contributed by atoms with Gasteiger partial charge in [-0.25, -0.2) is 13.9 Å². The summed E-state index contributed by atoms with van der Waals surface area (Å²) in [6.07, 6.45) is 1.98. The van der Waals surface area contributed by atoms with Gasteiger partial charge in [-0.3, -0.25) is 0 Å². The van der Waals surface area contributed by atoms with Crippen molar-refractivity contribution in [3.8, 4) is 0 Å². The van der Waals surface area contributed by atoms with Crippen molar-refractivity contribution in [2.45, 2.75) is 28.9 Å². The predicted molar refractivity (Wildman–Crippen MR) is 63.6 cm³/mol. The molecule has 3 rings (SSSR count). The van der Waals surface area contributed by atoms with Gasteiger partial charge in [0.1, 0.15) is 5.82 Å². The van der Waals surface area contributed by atoms with Crippen LogP contribution in [-0.2, 0) is 0 Å². The molecule has 0 radical (unpaired) electrons. The normalized spacial score (nSPS) is 14.6. The highest BCUT2D eigenvalue weighted by molar-refractivity contribution is 7.99. The smallest absolute Gasteiger partial charge is 0.336 e. The van der Waals surface area contributed by atoms with Gasteiger partial charge in [-0.05, 0) is 47.2 Å². The van der Waals surface area contributed by atoms with Crippen molar-refractivity contribution in [1.29, 1.82) is 0 Å². The van der Waals surface area contributed by atoms with Gasteiger partial charge in [0.2, 0.25) is 5.16 Å². The standard InChI is InChI=1S/C11H9FN4O2S/c12-8-3-1-2-7(10(17)18)9(8)19-11-13-14-15-16(11)6-4-5-6/h1-3,6H,4-5H2,(H,17,18). The zero-order valence-electron chi connectivity index (χ0n) is 9.65. The van der Waals surface area contributed by atoms with Crippen LogP contribution in [0, 0.1) is 5.82 Å². The lowest BCUT2D eigenvalue weighted by Gasteiger charge is -2.06. The van der Waals surface area contributed by atoms with E-state index in [-0.39, 0.29) is 16.5 Å². The summed E-state index contributed by atoms with van der Waals surface area (Å²) in [4.78, 5) is 11.1. The number of nitrogens with zero attached hydrogens (tertiary/aromatic N) is 4. The van der Waals surface area contributed by atoms with Crippen LogP contribution in [0.5, 0.6) is 0 Å². The third-order valence-corrected chi connectivity index (χ3v) is 3.82. The minimum absolute atomic E-state index is 0.0340. The van der Waals surface area contributed by atoms with Crippen LogP contribution >= 0.6 is 11.8 Å². The molecule has 1 aliphatic rings. The summed E-state index contributed by atoms with van der Waals surface area (Å²) in [5, 5.41) is 20.7. The van der Waals surface area contributed by atoms with Crippen molar-refractivity contribution in [3.63, 3.8) is 0 Å². The molecule has 1 aromatic heterocycles. The predicted octanol–water partition coefficient (Wildman–Crippen LogP) is 2.00. The second-order valence-corrected chi connectivity index (χ2v) is 5.14. The topological polar surface area (TPSA) is 80.9 Å². The van der Waals surface area contributed by atoms with Gasteiger partial charge in [-0.2, -0.15) is 0 Å². The van der Waals surface area contributed by atoms with Crippen LogP contribution in [0.3, 0.4) is 0 Å². The molecule has 0 unspecified atom stereocenters. The molecule has 1 heterocycles. The lowest BCUT2D eigenvalue weighted by Crippen LogP contribution is -2.03. The average molecular weight is 280 g/mol. The van der Waals surface area contributed by atoms with E-state index in [2.05, 4.69) is 15.5 Å². The summed E-state index contributed by atoms with van der Waals surface area (Å²) in [5.74, 6) is -1.76. The number of hydrogen-bond acceptors (Lipinski definition) is 5. The van der Waals surface area contributed by atoms with Crippen molar-refractivity contribution in [2.24, 2.45) is 0 Å². The van der Waals surface area contributed by atoms with Crippen molar-refractivity contribution >= 4 is 17.7 Å². The molecule has 0 atom stereocenters. The molecule has 0 saturated heterocycles. The molecule has 6 nitrogen and oxygen atoms in total. The molecule has 19 heavy (non-hydrogen) atoms. The highest BCUT2D eigenvalue weighted by Crippen LogP contribution is 2.39. The number of carbonyl (C=O) groups is 1. The average Bonchev–Trinajstić information content (AvgIpc) is 3.12. The maximum absolute atomic E-state index is 13.8. The number of tetrazole rings is 1. The van der Waals surface area contributed by atoms with Gasteiger partial charge in [0.15, 0.2) is 0 Å². The quantitative estimate of drug-likeness (QED) is 0.922. The summed E-state index contributed by atoms with van der Waals surface area (Å²) in [6, 6.07) is 4.20. The number of benzene rings is 1. The van der Waals surface area contributed by atoms with E-state index in [1.165, 1.54) is 18.2 Å². The van der Waals surface area contributed by atoms with Gasteiger partial charge < -0.3 is 5.11 Å². The molecular formula is C11H9FN4O2S. The van der Waals surface area contributed by atoms with Gasteiger partial charge in [-0.15, -0.1) is 5.10 Å². The fourth-order valence-electron chi connectivity index (χ4n) is 1.67. The van der Waals surface area contributed by atoms with E-state index in [1.807, 2.05) is 0 Å². The van der Waals surface area contributed by atoms with Gasteiger partial charge in [0, 0.05) is 0 Å². The van der Waals surface area contributed by atoms with E-state index in [1.54, 1.807) is 4.68 Å². The van der Waals surface area contributed by atoms with Crippen molar-refractivity contribution < 1.29 is 14.3 Å². The Bertz CT molecular complexity index is 641. The minimum atomic E-state index is -1.17. The number of aromatic nitrogens is 4. The Hall–Kier alpha value is -1.96. The molecule has 0 aliphatic heterocycles. The summed E-state index contributed by atoms with van der Waals surface area (Å²) < 4.78 is 15.4. The van der Waals surface area contributed by atoms with Gasteiger partial charge in [0.05, 0.1) is 16.5 Å². The molecule has 2 aromatic rings. The monoisotopic (exact) mass is 280 g/mol. The van der Waals surface area contributed by atoms with Crippen molar-refractivity contribution in [1.82, 2.24) is 20.2 Å². The van der Waals surface area contributed by atoms with Crippen LogP contribution in [-0.4, -0.2) is 31.3 Å². The van der Waals surface area contributed by atoms with Gasteiger partial charge >= 0.3 is 5.97 Å². The van der Waals surface area contributed by atoms with Crippen LogP contribution in [0.25, 0.3) is 0 Å². The van der Waals surface area contributed by atoms with Crippen molar-refractivity contribution in [3.05, 3.63) is 29.6 Å². The summed E-state index contributed by atoms with van der Waals surface area (Å²) in [6.45, 7) is 0. The summed E-state index contributed by atoms with van der Waals surface area (Å²) in [7, 11) is 0. The highest BCUT2D eigenvalue weighted by Gasteiger charge is 2.29. The molecule has 1 fully saturated rings. The number of rotatable bonds is 4. The minimum Gasteiger partial charge on any atom is -0.478 e. The Labute approximate surface area is 111 Å². The van der Waals surface area contributed by atoms with Crippen molar-refractivity contribution in [2.75, 3.05) is 0 Å². The van der Waals surface area contributed by atoms with E-state index in [0.29, 0.717) is 5.16 Å². The van der Waals surface area contributed by atoms with E-state index in [9.17, 15) is 9.18 Å². The Morgan fingerprint density at radius 3 is 2.95 bits per heavy atom. The lowest BCUT2D eigenvalue weighted by atomic mass is 10.2. The Morgan fingerprint density at radius 1 is 1.47 bits per heavy atom. The van der Waals surface area contributed by atoms with Crippen LogP contribution in [0.2, 0.25) is 0 Å². The van der Waals surface area contributed by atoms with Crippen LogP contribution < -0.4 is 0 Å². The maximum atomic E-state index is 13.8. The number of hydrogen-bond donors (Lipinski definition) is 1. The third-order valence-electron chi connectivity index (χ3n) is 2.75. The number of aromatic carboxylic acids is 1. The molecule has 1 aromatic carbocycles. The molecule has 98 valence electrons. The SMILES string of the molecule is O=C(O)c1cccc(F)c1Sc1nnnn1C1CC1. The first kappa shape index (κ1) is 12.1. The van der Waals surface area contributed by atoms with Crippen LogP contribution in [0.4, 0.5) is 4.39 Å². The number of halogens is 1. The third kappa shape index (κ3) is 2.30. The van der Waals surface area contributed by atoms with E-state index < -0.39 is 11.8 Å². The summed E-state index contributed by atoms with van der Waals surface area (Å²) >= 11 is 0.942. The van der Waals surface area contributed by atoms with Crippen LogP contribution in [0.15, 0.2) is 28.3 Å². The van der Waals surface area contributed by atoms with E-state index in [4.69, 9.17) is 5.11 Å². The lowest BCUT2D eigenvalue weighted by molar-refractivity contribution is 0.0692. The first-order valence-corrected chi connectivity index (χ1v) is 6.46. The molecule has 0 spiro atoms. The molecule has 0 amide bonds. The Balaban J connectivity index is 1.98. The second-order valence-electron chi connectivity index (χ2n) is 4.16. The van der Waals surface area contributed by atoms with E-state index in [0.717, 1.165) is 24.6 Å². The molecule has 1 saturated carbocycles. The fourth-order valence-corrected chi connectivity index (χ4v) is 2.64. The second kappa shape index (κ2) is 4.61. The number of carboxylic acids is 1. The first-order chi connectivity index (χ1) is 9.16. The molecule has 8 heteroatoms. The fraction of sp³-hybridized carbons (Fsp3) is 0.273. The highest BCUT2D eigenvalue weighted by atomic mass is 32.2. The summed E-state index contributed by atoms with van der Waals surface area (Å²) in [5.41, 5.74) is -0.0876. The Morgan fingerprint density at radius 2 is 2.26 bits per heavy atom. The van der Waals surface area contributed by atoms with Crippen LogP contribution in [0.1, 0.15) is 29.2 Å². The number of carboxylic acid groups (broad SMARTS) is 1. The first-order valence-electron chi connectivity index (χ1n) is 5.64. The Kier molecular flexibility index (Phi) is 2.94. The molecule has 0 bridgehead atoms. The zero-order valence-corrected chi connectivity index (χ0v) is 10.5.